The fourth-order valence-corrected chi connectivity index (χ4v) is 16.4. The average molecular weight is 1120 g/mol. The van der Waals surface area contributed by atoms with Gasteiger partial charge in [-0.15, -0.1) is 10.2 Å². The minimum atomic E-state index is -4.64. The molecule has 1 aromatic carbocycles. The Kier molecular flexibility index (Phi) is 16.1. The van der Waals surface area contributed by atoms with Crippen LogP contribution in [0.5, 0.6) is 0 Å². The highest BCUT2D eigenvalue weighted by atomic mass is 31.2. The van der Waals surface area contributed by atoms with E-state index in [-0.39, 0.29) is 84.6 Å². The number of nitriles is 2. The number of halogens is 6. The zero-order valence-corrected chi connectivity index (χ0v) is 44.1. The molecule has 26 heteroatoms. The Morgan fingerprint density at radius 1 is 0.782 bits per heavy atom. The maximum absolute atomic E-state index is 13.7. The zero-order chi connectivity index (χ0) is 56.5. The number of fused-ring (bicyclic) bond motifs is 2. The monoisotopic (exact) mass is 1120 g/mol. The molecule has 9 N–H and O–H groups in total. The van der Waals surface area contributed by atoms with Crippen LogP contribution in [0.1, 0.15) is 139 Å². The smallest absolute Gasteiger partial charge is 0.390 e. The Labute approximate surface area is 447 Å². The fraction of sp³-hybridized carbons (Fsp3) is 0.750. The summed E-state index contributed by atoms with van der Waals surface area (Å²) in [4.78, 5) is 64.4. The highest BCUT2D eigenvalue weighted by Gasteiger charge is 2.63. The third-order valence-corrected chi connectivity index (χ3v) is 18.6. The molecule has 2 aromatic rings. The number of carbonyl (C=O) groups excluding carboxylic acids is 3. The summed E-state index contributed by atoms with van der Waals surface area (Å²) in [6, 6.07) is 3.97. The van der Waals surface area contributed by atoms with Gasteiger partial charge in [-0.2, -0.15) is 23.7 Å². The molecule has 9 aliphatic carbocycles. The van der Waals surface area contributed by atoms with Crippen molar-refractivity contribution in [3.63, 3.8) is 0 Å². The van der Waals surface area contributed by atoms with Crippen LogP contribution in [0.4, 0.5) is 26.3 Å². The van der Waals surface area contributed by atoms with E-state index in [1.54, 1.807) is 9.80 Å². The van der Waals surface area contributed by atoms with Gasteiger partial charge in [0.15, 0.2) is 17.5 Å². The van der Waals surface area contributed by atoms with Gasteiger partial charge in [0, 0.05) is 50.6 Å². The van der Waals surface area contributed by atoms with E-state index in [9.17, 15) is 56.2 Å². The summed E-state index contributed by atoms with van der Waals surface area (Å²) in [6.45, 7) is 0.447. The number of alkyl halides is 3. The van der Waals surface area contributed by atoms with Gasteiger partial charge in [0.1, 0.15) is 17.9 Å². The molecule has 4 heterocycles. The molecule has 2 saturated heterocycles. The number of nitrogens with zero attached hydrogens (tertiary/aromatic N) is 8. The van der Waals surface area contributed by atoms with Crippen molar-refractivity contribution in [3.8, 4) is 12.1 Å². The Balaban J connectivity index is 0.000000137. The van der Waals surface area contributed by atoms with Crippen molar-refractivity contribution in [2.75, 3.05) is 13.1 Å². The topological polar surface area (TPSA) is 309 Å². The van der Waals surface area contributed by atoms with Gasteiger partial charge in [-0.3, -0.25) is 14.4 Å². The van der Waals surface area contributed by atoms with Crippen molar-refractivity contribution in [2.24, 2.45) is 51.9 Å². The third kappa shape index (κ3) is 12.6. The Hall–Kier alpha value is -4.72. The number of amides is 3. The normalized spacial score (nSPS) is 35.1. The molecule has 78 heavy (non-hydrogen) atoms. The predicted octanol–water partition coefficient (Wildman–Crippen LogP) is 4.86. The second-order valence-corrected chi connectivity index (χ2v) is 25.7. The summed E-state index contributed by atoms with van der Waals surface area (Å²) in [7, 11) is -4.64. The minimum absolute atomic E-state index is 0.000783. The number of aliphatic hydroxyl groups is 2. The van der Waals surface area contributed by atoms with Crippen molar-refractivity contribution in [1.82, 2.24) is 29.5 Å². The maximum atomic E-state index is 13.7. The molecule has 9 saturated carbocycles. The van der Waals surface area contributed by atoms with Crippen LogP contribution in [0.3, 0.4) is 0 Å². The number of carbonyl (C=O) groups is 3. The van der Waals surface area contributed by atoms with E-state index in [4.69, 9.17) is 36.0 Å². The molecule has 428 valence electrons. The van der Waals surface area contributed by atoms with Gasteiger partial charge in [0.2, 0.25) is 23.5 Å². The van der Waals surface area contributed by atoms with E-state index in [2.05, 4.69) is 22.3 Å². The third-order valence-electron chi connectivity index (χ3n) is 18.6. The molecule has 0 spiro atoms. The van der Waals surface area contributed by atoms with Gasteiger partial charge in [0.05, 0.1) is 35.9 Å². The molecule has 0 radical (unpaired) electrons. The van der Waals surface area contributed by atoms with Gasteiger partial charge in [0.25, 0.3) is 0 Å². The Morgan fingerprint density at radius 3 is 1.95 bits per heavy atom. The number of benzene rings is 1. The predicted molar refractivity (Wildman–Crippen MR) is 262 cm³/mol. The number of hydrogen-bond acceptors (Lipinski definition) is 12. The summed E-state index contributed by atoms with van der Waals surface area (Å²) in [5.41, 5.74) is 11.1. The number of phosphoric acid groups is 1. The molecule has 19 nitrogen and oxygen atoms in total. The second-order valence-electron chi connectivity index (χ2n) is 24.7. The number of nitrogens with two attached hydrogens (primary N) is 2. The lowest BCUT2D eigenvalue weighted by molar-refractivity contribution is -0.177. The van der Waals surface area contributed by atoms with E-state index in [0.717, 1.165) is 88.2 Å². The molecular formula is C52H69F6N10O9P. The van der Waals surface area contributed by atoms with Gasteiger partial charge in [-0.05, 0) is 168 Å². The first kappa shape index (κ1) is 58.0. The molecule has 4 unspecified atom stereocenters. The van der Waals surface area contributed by atoms with Crippen LogP contribution in [0.2, 0.25) is 0 Å². The molecule has 3 amide bonds. The first-order chi connectivity index (χ1) is 36.5. The van der Waals surface area contributed by atoms with E-state index in [1.165, 1.54) is 30.6 Å². The first-order valence-corrected chi connectivity index (χ1v) is 28.6. The summed E-state index contributed by atoms with van der Waals surface area (Å²) in [6.07, 6.45) is 12.2. The fourth-order valence-electron chi connectivity index (χ4n) is 16.4. The summed E-state index contributed by atoms with van der Waals surface area (Å²) in [5.74, 6) is -2.07. The van der Waals surface area contributed by atoms with E-state index in [0.29, 0.717) is 54.6 Å². The van der Waals surface area contributed by atoms with Crippen molar-refractivity contribution in [2.45, 2.75) is 189 Å². The lowest BCUT2D eigenvalue weighted by Crippen LogP contribution is -2.64. The molecule has 3 aliphatic heterocycles. The second kappa shape index (κ2) is 21.6. The van der Waals surface area contributed by atoms with Crippen molar-refractivity contribution < 1.29 is 70.2 Å². The molecule has 12 aliphatic rings. The maximum Gasteiger partial charge on any atom is 0.466 e. The van der Waals surface area contributed by atoms with E-state index in [1.807, 2.05) is 0 Å². The van der Waals surface area contributed by atoms with E-state index < -0.39 is 66.5 Å². The SMILES string of the molecule is N#C[C@@H]1CCCN1C(=O)CCC12CC3CC(CC(O)(C3)C1)C2.N#C[C@@H]1C[C@@H]2C[C@@H]2N1C(=O)[C@@H](N)C12CC3CC(CC(O)(C3)C1)C2.N[C@@H](CC(=O)N1CCn2c(nnc2C(F)(F)F)C1)Cc1cc(F)c(F)cc1F.O=P(O)(O)O. The molecule has 8 bridgehead atoms. The molecule has 1 aromatic heterocycles. The summed E-state index contributed by atoms with van der Waals surface area (Å²) < 4.78 is 88.1. The van der Waals surface area contributed by atoms with Crippen LogP contribution in [-0.2, 0) is 44.6 Å². The average Bonchev–Trinajstić information content (AvgIpc) is 3.77. The zero-order valence-electron chi connectivity index (χ0n) is 43.2. The van der Waals surface area contributed by atoms with Crippen molar-refractivity contribution >= 4 is 25.5 Å². The van der Waals surface area contributed by atoms with Gasteiger partial charge < -0.3 is 55.6 Å². The number of rotatable bonds is 9. The van der Waals surface area contributed by atoms with Crippen LogP contribution >= 0.6 is 7.82 Å². The Bertz CT molecular complexity index is 2730. The van der Waals surface area contributed by atoms with E-state index >= 15 is 0 Å². The molecule has 10 atom stereocenters. The van der Waals surface area contributed by atoms with Gasteiger partial charge >= 0.3 is 14.0 Å². The highest BCUT2D eigenvalue weighted by Crippen LogP contribution is 2.64. The standard InChI is InChI=1S/C18H25N3O2.C18H26N2O2.C16H15F6N5O.H3O4P/c19-8-13-2-12-3-14(12)21(13)16(22)15(20)17-4-10-1-11(5-17)7-18(23,6-10)9-17;19-11-15-2-1-5-20(15)16(21)3-4-17-7-13-6-14(8-17)10-18(22,9-13)12-17;17-10-6-12(19)11(18)4-8(10)3-9(23)5-14(28)26-1-2-27-13(7-26)24-25-15(27)16(20,21)22;1-5(2,3)4/h10-15,23H,1-7,9,20H2;13-15,22H,1-10,12H2;4,6,9H,1-3,5,7,23H2;(H3,1,2,3,4)/t10?,11?,12-,13+,14+,15-,17?,18?;13?,14?,15-,17?,18?;9-;/m101./s1. The Morgan fingerprint density at radius 2 is 1.37 bits per heavy atom. The van der Waals surface area contributed by atoms with Crippen molar-refractivity contribution in [3.05, 3.63) is 46.8 Å². The van der Waals surface area contributed by atoms with Gasteiger partial charge in [-0.1, -0.05) is 0 Å². The first-order valence-electron chi connectivity index (χ1n) is 27.1. The number of aromatic nitrogens is 3. The highest BCUT2D eigenvalue weighted by molar-refractivity contribution is 7.45. The molecule has 11 fully saturated rings. The van der Waals surface area contributed by atoms with Crippen LogP contribution in [0, 0.1) is 80.5 Å². The van der Waals surface area contributed by atoms with Crippen LogP contribution in [-0.4, -0.2) is 127 Å². The largest absolute Gasteiger partial charge is 0.466 e. The minimum Gasteiger partial charge on any atom is -0.390 e. The van der Waals surface area contributed by atoms with Crippen LogP contribution in [0.15, 0.2) is 12.1 Å². The van der Waals surface area contributed by atoms with Gasteiger partial charge in [-0.25, -0.2) is 17.7 Å². The van der Waals surface area contributed by atoms with Crippen LogP contribution in [0.25, 0.3) is 0 Å². The summed E-state index contributed by atoms with van der Waals surface area (Å²) >= 11 is 0. The molecular weight excluding hydrogens is 1050 g/mol. The lowest BCUT2D eigenvalue weighted by atomic mass is 9.46. The summed E-state index contributed by atoms with van der Waals surface area (Å²) in [5, 5.41) is 46.8. The lowest BCUT2D eigenvalue weighted by Gasteiger charge is -2.61. The van der Waals surface area contributed by atoms with Crippen molar-refractivity contribution in [1.29, 1.82) is 10.5 Å². The van der Waals surface area contributed by atoms with Crippen LogP contribution < -0.4 is 11.5 Å². The number of piperidine rings is 1. The molecule has 14 rings (SSSR count). The quantitative estimate of drug-likeness (QED) is 0.100. The number of likely N-dealkylation sites (tertiary alicyclic amines) is 2. The number of hydrogen-bond donors (Lipinski definition) is 7.